The van der Waals surface area contributed by atoms with Gasteiger partial charge in [0.05, 0.1) is 6.61 Å². The molecule has 0 aliphatic heterocycles. The summed E-state index contributed by atoms with van der Waals surface area (Å²) in [4.78, 5) is 24.3. The van der Waals surface area contributed by atoms with Gasteiger partial charge in [-0.2, -0.15) is 0 Å². The number of rotatable bonds is 6. The Morgan fingerprint density at radius 1 is 1.41 bits per heavy atom. The van der Waals surface area contributed by atoms with E-state index in [4.69, 9.17) is 10.2 Å². The van der Waals surface area contributed by atoms with Crippen molar-refractivity contribution in [3.05, 3.63) is 0 Å². The summed E-state index contributed by atoms with van der Waals surface area (Å²) in [6, 6.07) is -1.13. The first-order valence-corrected chi connectivity index (χ1v) is 5.88. The third kappa shape index (κ3) is 3.89. The Morgan fingerprint density at radius 3 is 2.35 bits per heavy atom. The number of urea groups is 1. The molecular weight excluding hydrogens is 224 g/mol. The van der Waals surface area contributed by atoms with E-state index in [-0.39, 0.29) is 25.1 Å². The summed E-state index contributed by atoms with van der Waals surface area (Å²) in [5.74, 6) is -1.21. The summed E-state index contributed by atoms with van der Waals surface area (Å²) in [7, 11) is 0. The first kappa shape index (κ1) is 13.8. The van der Waals surface area contributed by atoms with Gasteiger partial charge in [0.2, 0.25) is 0 Å². The summed E-state index contributed by atoms with van der Waals surface area (Å²) in [6.45, 7) is 3.63. The van der Waals surface area contributed by atoms with Crippen molar-refractivity contribution in [3.8, 4) is 0 Å². The zero-order valence-corrected chi connectivity index (χ0v) is 10.2. The van der Waals surface area contributed by atoms with Crippen LogP contribution in [0.1, 0.15) is 26.7 Å². The van der Waals surface area contributed by atoms with Gasteiger partial charge < -0.3 is 20.4 Å². The first-order valence-electron chi connectivity index (χ1n) is 5.88. The molecule has 0 radical (unpaired) electrons. The number of nitrogens with zero attached hydrogens (tertiary/aromatic N) is 1. The largest absolute Gasteiger partial charge is 0.480 e. The van der Waals surface area contributed by atoms with Crippen LogP contribution in [0.2, 0.25) is 0 Å². The second kappa shape index (κ2) is 5.86. The van der Waals surface area contributed by atoms with Crippen LogP contribution in [0.25, 0.3) is 0 Å². The highest BCUT2D eigenvalue weighted by Gasteiger charge is 2.34. The van der Waals surface area contributed by atoms with E-state index in [9.17, 15) is 9.59 Å². The van der Waals surface area contributed by atoms with Crippen LogP contribution in [-0.4, -0.2) is 52.3 Å². The predicted molar refractivity (Wildman–Crippen MR) is 61.6 cm³/mol. The van der Waals surface area contributed by atoms with E-state index in [0.717, 1.165) is 12.8 Å². The van der Waals surface area contributed by atoms with Crippen molar-refractivity contribution in [2.75, 3.05) is 13.2 Å². The molecule has 0 heterocycles. The molecule has 6 nitrogen and oxygen atoms in total. The molecule has 0 bridgehead atoms. The number of carboxylic acids is 1. The van der Waals surface area contributed by atoms with Crippen LogP contribution in [-0.2, 0) is 4.79 Å². The van der Waals surface area contributed by atoms with Crippen molar-refractivity contribution in [2.24, 2.45) is 5.92 Å². The number of aliphatic carboxylic acids is 1. The second-order valence-electron chi connectivity index (χ2n) is 4.66. The van der Waals surface area contributed by atoms with E-state index < -0.39 is 18.0 Å². The topological polar surface area (TPSA) is 89.9 Å². The van der Waals surface area contributed by atoms with Crippen LogP contribution >= 0.6 is 0 Å². The normalized spacial score (nSPS) is 16.7. The Balaban J connectivity index is 2.57. The van der Waals surface area contributed by atoms with Crippen LogP contribution in [0.3, 0.4) is 0 Å². The molecule has 6 heteroatoms. The highest BCUT2D eigenvalue weighted by Crippen LogP contribution is 2.26. The van der Waals surface area contributed by atoms with Crippen molar-refractivity contribution in [1.82, 2.24) is 10.2 Å². The number of carbonyl (C=O) groups is 2. The zero-order chi connectivity index (χ0) is 13.0. The van der Waals surface area contributed by atoms with Crippen molar-refractivity contribution < 1.29 is 19.8 Å². The fourth-order valence-corrected chi connectivity index (χ4v) is 1.67. The van der Waals surface area contributed by atoms with Gasteiger partial charge >= 0.3 is 12.0 Å². The van der Waals surface area contributed by atoms with Crippen molar-refractivity contribution in [2.45, 2.75) is 38.8 Å². The summed E-state index contributed by atoms with van der Waals surface area (Å²) in [6.07, 6.45) is 1.85. The van der Waals surface area contributed by atoms with Crippen LogP contribution in [0.4, 0.5) is 4.79 Å². The smallest absolute Gasteiger partial charge is 0.326 e. The van der Waals surface area contributed by atoms with Crippen molar-refractivity contribution in [1.29, 1.82) is 0 Å². The summed E-state index contributed by atoms with van der Waals surface area (Å²) in [5, 5.41) is 20.4. The molecule has 1 rings (SSSR count). The lowest BCUT2D eigenvalue weighted by atomic mass is 10.1. The minimum absolute atomic E-state index is 0.108. The number of hydrogen-bond acceptors (Lipinski definition) is 3. The molecule has 1 aliphatic carbocycles. The van der Waals surface area contributed by atoms with Crippen molar-refractivity contribution >= 4 is 12.0 Å². The number of carbonyl (C=O) groups excluding carboxylic acids is 1. The summed E-state index contributed by atoms with van der Waals surface area (Å²) < 4.78 is 0. The molecule has 0 aromatic heterocycles. The molecule has 0 spiro atoms. The van der Waals surface area contributed by atoms with Gasteiger partial charge in [-0.05, 0) is 18.8 Å². The molecular formula is C11H20N2O4. The minimum Gasteiger partial charge on any atom is -0.480 e. The van der Waals surface area contributed by atoms with Gasteiger partial charge in [-0.15, -0.1) is 0 Å². The molecule has 0 aromatic carbocycles. The van der Waals surface area contributed by atoms with Crippen LogP contribution in [0.5, 0.6) is 0 Å². The molecule has 2 amide bonds. The lowest BCUT2D eigenvalue weighted by molar-refractivity contribution is -0.140. The maximum absolute atomic E-state index is 11.9. The Kier molecular flexibility index (Phi) is 4.74. The summed E-state index contributed by atoms with van der Waals surface area (Å²) >= 11 is 0. The average molecular weight is 244 g/mol. The van der Waals surface area contributed by atoms with Crippen molar-refractivity contribution in [3.63, 3.8) is 0 Å². The van der Waals surface area contributed by atoms with Gasteiger partial charge in [-0.25, -0.2) is 9.59 Å². The molecule has 3 N–H and O–H groups in total. The van der Waals surface area contributed by atoms with E-state index in [1.54, 1.807) is 13.8 Å². The first-order chi connectivity index (χ1) is 7.97. The molecule has 0 saturated heterocycles. The molecule has 0 aromatic rings. The number of carboxylic acid groups (broad SMARTS) is 1. The number of hydrogen-bond donors (Lipinski definition) is 3. The highest BCUT2D eigenvalue weighted by atomic mass is 16.4. The monoisotopic (exact) mass is 244 g/mol. The fourth-order valence-electron chi connectivity index (χ4n) is 1.67. The Morgan fingerprint density at radius 2 is 2.00 bits per heavy atom. The molecule has 0 unspecified atom stereocenters. The molecule has 98 valence electrons. The van der Waals surface area contributed by atoms with Crippen LogP contribution in [0.15, 0.2) is 0 Å². The number of aliphatic hydroxyl groups is 1. The van der Waals surface area contributed by atoms with Crippen LogP contribution < -0.4 is 5.32 Å². The SMILES string of the molecule is CC(C)[C@@H](NC(=O)N(CCO)C1CC1)C(=O)O. The third-order valence-corrected chi connectivity index (χ3v) is 2.80. The Labute approximate surface area is 101 Å². The standard InChI is InChI=1S/C11H20N2O4/c1-7(2)9(10(15)16)12-11(17)13(5-6-14)8-3-4-8/h7-9,14H,3-6H2,1-2H3,(H,12,17)(H,15,16)/t9-/m1/s1. The van der Waals surface area contributed by atoms with E-state index in [1.807, 2.05) is 0 Å². The Bertz CT molecular complexity index is 289. The average Bonchev–Trinajstić information content (AvgIpc) is 3.04. The Hall–Kier alpha value is -1.30. The van der Waals surface area contributed by atoms with Gasteiger partial charge in [0.15, 0.2) is 0 Å². The molecule has 1 saturated carbocycles. The maximum atomic E-state index is 11.9. The lowest BCUT2D eigenvalue weighted by Crippen LogP contribution is -2.51. The van der Waals surface area contributed by atoms with Gasteiger partial charge in [0, 0.05) is 12.6 Å². The quantitative estimate of drug-likeness (QED) is 0.625. The predicted octanol–water partition coefficient (Wildman–Crippen LogP) is 0.262. The van der Waals surface area contributed by atoms with Gasteiger partial charge in [0.25, 0.3) is 0 Å². The molecule has 1 atom stereocenters. The van der Waals surface area contributed by atoms with Gasteiger partial charge in [-0.1, -0.05) is 13.8 Å². The van der Waals surface area contributed by atoms with Crippen LogP contribution in [0, 0.1) is 5.92 Å². The van der Waals surface area contributed by atoms with E-state index >= 15 is 0 Å². The molecule has 1 fully saturated rings. The van der Waals surface area contributed by atoms with Gasteiger partial charge in [0.1, 0.15) is 6.04 Å². The maximum Gasteiger partial charge on any atom is 0.326 e. The van der Waals surface area contributed by atoms with E-state index in [0.29, 0.717) is 0 Å². The second-order valence-corrected chi connectivity index (χ2v) is 4.66. The van der Waals surface area contributed by atoms with Gasteiger partial charge in [-0.3, -0.25) is 0 Å². The zero-order valence-electron chi connectivity index (χ0n) is 10.2. The third-order valence-electron chi connectivity index (χ3n) is 2.80. The van der Waals surface area contributed by atoms with E-state index in [1.165, 1.54) is 4.90 Å². The number of amides is 2. The highest BCUT2D eigenvalue weighted by molar-refractivity contribution is 5.83. The fraction of sp³-hybridized carbons (Fsp3) is 0.818. The minimum atomic E-state index is -1.03. The summed E-state index contributed by atoms with van der Waals surface area (Å²) in [5.41, 5.74) is 0. The molecule has 1 aliphatic rings. The molecule has 17 heavy (non-hydrogen) atoms. The number of nitrogens with one attached hydrogen (secondary N) is 1. The van der Waals surface area contributed by atoms with E-state index in [2.05, 4.69) is 5.32 Å². The number of aliphatic hydroxyl groups excluding tert-OH is 1. The lowest BCUT2D eigenvalue weighted by Gasteiger charge is -2.25.